The molecule has 0 saturated carbocycles. The summed E-state index contributed by atoms with van der Waals surface area (Å²) in [6.07, 6.45) is -11.2. The molecular weight excluding hydrogens is 134 g/mol. The zero-order valence-corrected chi connectivity index (χ0v) is 5.08. The summed E-state index contributed by atoms with van der Waals surface area (Å²) in [6, 6.07) is -3.83. The van der Waals surface area contributed by atoms with E-state index in [9.17, 15) is 0 Å². The average Bonchev–Trinajstić information content (AvgIpc) is 2.31. The number of rotatable bonds is 2. The SMILES string of the molecule is [2H]C([2H])([2H])N1C([2H])([2H])C([2H])([2H])C([2H])([2H])C1([2H])C([2H])([2H])C([2H])([2H])Cl. The second kappa shape index (κ2) is 3.43. The van der Waals surface area contributed by atoms with Crippen LogP contribution in [0.3, 0.4) is 0 Å². The first kappa shape index (κ1) is 1.16. The minimum Gasteiger partial charge on any atom is -0.303 e. The van der Waals surface area contributed by atoms with E-state index in [1.54, 1.807) is 0 Å². The van der Waals surface area contributed by atoms with Crippen LogP contribution in [0.25, 0.3) is 0 Å². The summed E-state index contributed by atoms with van der Waals surface area (Å²) >= 11 is 5.24. The van der Waals surface area contributed by atoms with Crippen molar-refractivity contribution >= 4 is 11.6 Å². The number of hydrogen-bond acceptors (Lipinski definition) is 1. The van der Waals surface area contributed by atoms with Crippen LogP contribution in [-0.2, 0) is 0 Å². The third kappa shape index (κ3) is 1.84. The van der Waals surface area contributed by atoms with E-state index in [4.69, 9.17) is 30.8 Å². The molecule has 1 heterocycles. The Morgan fingerprint density at radius 3 is 3.78 bits per heavy atom. The number of likely N-dealkylation sites (tertiary alicyclic amines) is 1. The summed E-state index contributed by atoms with van der Waals surface area (Å²) in [5.41, 5.74) is 0. The maximum Gasteiger partial charge on any atom is 0.0467 e. The van der Waals surface area contributed by atoms with Crippen molar-refractivity contribution in [2.24, 2.45) is 0 Å². The molecule has 0 aromatic rings. The second-order valence-electron chi connectivity index (χ2n) is 1.27. The topological polar surface area (TPSA) is 3.24 Å². The molecule has 1 aliphatic rings. The molecule has 9 heavy (non-hydrogen) atoms. The van der Waals surface area contributed by atoms with E-state index < -0.39 is 49.3 Å². The highest BCUT2D eigenvalue weighted by atomic mass is 35.5. The lowest BCUT2D eigenvalue weighted by molar-refractivity contribution is 0.305. The van der Waals surface area contributed by atoms with Crippen LogP contribution in [0.1, 0.15) is 38.3 Å². The first-order valence-corrected chi connectivity index (χ1v) is 2.49. The molecule has 1 rings (SSSR count). The van der Waals surface area contributed by atoms with E-state index in [2.05, 4.69) is 0 Å². The Hall–Kier alpha value is 0.250. The van der Waals surface area contributed by atoms with Gasteiger partial charge in [-0.3, -0.25) is 0 Å². The lowest BCUT2D eigenvalue weighted by atomic mass is 10.2. The van der Waals surface area contributed by atoms with Gasteiger partial charge in [0.05, 0.1) is 0 Å². The Kier molecular flexibility index (Phi) is 0.443. The maximum atomic E-state index is 8.08. The van der Waals surface area contributed by atoms with E-state index in [0.29, 0.717) is 0 Å². The predicted molar refractivity (Wildman–Crippen MR) is 41.0 cm³/mol. The third-order valence-corrected chi connectivity index (χ3v) is 0.832. The van der Waals surface area contributed by atoms with Crippen molar-refractivity contribution in [3.05, 3.63) is 0 Å². The number of hydrogen-bond donors (Lipinski definition) is 0. The summed E-state index contributed by atoms with van der Waals surface area (Å²) < 4.78 is 106. The molecule has 1 aliphatic heterocycles. The van der Waals surface area contributed by atoms with Crippen LogP contribution in [0.2, 0.25) is 0 Å². The maximum absolute atomic E-state index is 8.08. The van der Waals surface area contributed by atoms with Gasteiger partial charge in [-0.05, 0) is 32.6 Å². The van der Waals surface area contributed by atoms with Gasteiger partial charge >= 0.3 is 0 Å². The average molecular weight is 162 g/mol. The fraction of sp³-hybridized carbons (Fsp3) is 1.00. The van der Waals surface area contributed by atoms with Crippen LogP contribution in [-0.4, -0.2) is 30.2 Å². The Morgan fingerprint density at radius 2 is 3.11 bits per heavy atom. The van der Waals surface area contributed by atoms with Crippen LogP contribution in [0.4, 0.5) is 0 Å². The minimum absolute atomic E-state index is 0.590. The van der Waals surface area contributed by atoms with Crippen molar-refractivity contribution in [2.75, 3.05) is 19.3 Å². The molecule has 0 bridgehead atoms. The van der Waals surface area contributed by atoms with E-state index in [0.717, 1.165) is 0 Å². The third-order valence-electron chi connectivity index (χ3n) is 0.738. The summed E-state index contributed by atoms with van der Waals surface area (Å²) in [4.78, 5) is -0.590. The Labute approximate surface area is 81.7 Å². The summed E-state index contributed by atoms with van der Waals surface area (Å²) in [7, 11) is 0. The van der Waals surface area contributed by atoms with Gasteiger partial charge in [-0.25, -0.2) is 0 Å². The van der Waals surface area contributed by atoms with Gasteiger partial charge in [0.1, 0.15) is 0 Å². The molecule has 0 aromatic heterocycles. The standard InChI is InChI=1S/C7H14ClN/c1-9-6-2-3-7(9)4-5-8/h7H,2-6H2,1H3/i1D3,2D2,3D2,4D2,5D2,6D2,7D. The van der Waals surface area contributed by atoms with E-state index >= 15 is 0 Å². The molecule has 0 spiro atoms. The van der Waals surface area contributed by atoms with E-state index in [1.807, 2.05) is 0 Å². The van der Waals surface area contributed by atoms with Crippen molar-refractivity contribution in [2.45, 2.75) is 25.1 Å². The number of halogens is 1. The lowest BCUT2D eigenvalue weighted by Crippen LogP contribution is -2.24. The van der Waals surface area contributed by atoms with Gasteiger partial charge in [0.15, 0.2) is 0 Å². The molecule has 1 fully saturated rings. The van der Waals surface area contributed by atoms with E-state index in [1.165, 1.54) is 0 Å². The molecule has 0 amide bonds. The highest BCUT2D eigenvalue weighted by Gasteiger charge is 2.19. The Bertz CT molecular complexity index is 490. The van der Waals surface area contributed by atoms with Crippen LogP contribution < -0.4 is 0 Å². The molecule has 0 radical (unpaired) electrons. The summed E-state index contributed by atoms with van der Waals surface area (Å²) in [5.74, 6) is -3.48. The molecule has 0 aliphatic carbocycles. The largest absolute Gasteiger partial charge is 0.303 e. The van der Waals surface area contributed by atoms with Crippen molar-refractivity contribution in [1.29, 1.82) is 0 Å². The molecule has 1 saturated heterocycles. The molecule has 0 aromatic carbocycles. The van der Waals surface area contributed by atoms with Gasteiger partial charge in [0.25, 0.3) is 0 Å². The monoisotopic (exact) mass is 161 g/mol. The first-order valence-electron chi connectivity index (χ1n) is 9.11. The number of nitrogens with zero attached hydrogens (tertiary/aromatic N) is 1. The highest BCUT2D eigenvalue weighted by Crippen LogP contribution is 2.17. The Morgan fingerprint density at radius 1 is 2.22 bits per heavy atom. The quantitative estimate of drug-likeness (QED) is 0.558. The predicted octanol–water partition coefficient (Wildman–Crippen LogP) is 1.71. The van der Waals surface area contributed by atoms with Gasteiger partial charge in [-0.1, -0.05) is 0 Å². The highest BCUT2D eigenvalue weighted by molar-refractivity contribution is 6.17. The minimum atomic E-state index is -3.83. The van der Waals surface area contributed by atoms with E-state index in [-0.39, 0.29) is 0 Å². The van der Waals surface area contributed by atoms with Gasteiger partial charge in [0.2, 0.25) is 0 Å². The van der Waals surface area contributed by atoms with Gasteiger partial charge in [-0.2, -0.15) is 0 Å². The zero-order chi connectivity index (χ0) is 19.1. The van der Waals surface area contributed by atoms with Crippen LogP contribution in [0, 0.1) is 0 Å². The second-order valence-corrected chi connectivity index (χ2v) is 1.45. The van der Waals surface area contributed by atoms with Crippen LogP contribution in [0.15, 0.2) is 0 Å². The summed E-state index contributed by atoms with van der Waals surface area (Å²) in [6.45, 7) is -7.28. The van der Waals surface area contributed by atoms with Crippen LogP contribution >= 0.6 is 11.6 Å². The zero-order valence-electron chi connectivity index (χ0n) is 18.3. The van der Waals surface area contributed by atoms with Crippen molar-refractivity contribution < 1.29 is 19.2 Å². The Balaban J connectivity index is 3.93. The van der Waals surface area contributed by atoms with Crippen molar-refractivity contribution in [3.63, 3.8) is 0 Å². The first-order chi connectivity index (χ1) is 9.62. The molecule has 0 N–H and O–H groups in total. The van der Waals surface area contributed by atoms with Gasteiger partial charge in [0, 0.05) is 31.0 Å². The normalized spacial score (nSPS) is 81.9. The smallest absolute Gasteiger partial charge is 0.0467 e. The molecule has 54 valence electrons. The van der Waals surface area contributed by atoms with Gasteiger partial charge in [-0.15, -0.1) is 11.6 Å². The molecule has 1 nitrogen and oxygen atoms in total. The molecule has 1 atom stereocenters. The molecule has 2 heteroatoms. The van der Waals surface area contributed by atoms with Gasteiger partial charge < -0.3 is 4.90 Å². The van der Waals surface area contributed by atoms with Crippen LogP contribution in [0.5, 0.6) is 0 Å². The van der Waals surface area contributed by atoms with Crippen molar-refractivity contribution in [3.8, 4) is 0 Å². The van der Waals surface area contributed by atoms with Crippen molar-refractivity contribution in [1.82, 2.24) is 4.90 Å². The molecule has 1 unspecified atom stereocenters. The molecular formula is C7H14ClN. The number of alkyl halides is 1. The summed E-state index contributed by atoms with van der Waals surface area (Å²) in [5, 5.41) is 0. The fourth-order valence-corrected chi connectivity index (χ4v) is 0.476. The lowest BCUT2D eigenvalue weighted by Gasteiger charge is -2.17. The fourth-order valence-electron chi connectivity index (χ4n) is 0.387.